The summed E-state index contributed by atoms with van der Waals surface area (Å²) in [6.07, 6.45) is 7.51. The molecule has 0 fully saturated rings. The van der Waals surface area contributed by atoms with Crippen LogP contribution >= 0.6 is 0 Å². The molecule has 0 bridgehead atoms. The standard InChI is InChI=1S/C11H15N3/c1-8-12-10-7-5-4-6-9(10)11(13-8)14(2)3/h5-7,10H,4H2,1-3H3. The lowest BCUT2D eigenvalue weighted by Crippen LogP contribution is -2.33. The molecule has 1 aliphatic heterocycles. The molecule has 2 rings (SSSR count). The van der Waals surface area contributed by atoms with Crippen LogP contribution in [0.3, 0.4) is 0 Å². The van der Waals surface area contributed by atoms with E-state index in [1.165, 1.54) is 5.57 Å². The molecule has 1 aliphatic carbocycles. The van der Waals surface area contributed by atoms with Gasteiger partial charge in [-0.1, -0.05) is 18.2 Å². The van der Waals surface area contributed by atoms with E-state index in [4.69, 9.17) is 0 Å². The summed E-state index contributed by atoms with van der Waals surface area (Å²) in [6.45, 7) is 1.95. The minimum atomic E-state index is 0.193. The van der Waals surface area contributed by atoms with E-state index in [0.29, 0.717) is 0 Å². The highest BCUT2D eigenvalue weighted by atomic mass is 15.2. The van der Waals surface area contributed by atoms with Crippen molar-refractivity contribution in [1.29, 1.82) is 0 Å². The van der Waals surface area contributed by atoms with Crippen molar-refractivity contribution in [2.75, 3.05) is 14.1 Å². The van der Waals surface area contributed by atoms with E-state index in [1.54, 1.807) is 0 Å². The zero-order chi connectivity index (χ0) is 10.1. The zero-order valence-corrected chi connectivity index (χ0v) is 8.86. The third kappa shape index (κ3) is 1.50. The lowest BCUT2D eigenvalue weighted by molar-refractivity contribution is 0.615. The second-order valence-corrected chi connectivity index (χ2v) is 3.77. The zero-order valence-electron chi connectivity index (χ0n) is 8.86. The van der Waals surface area contributed by atoms with Crippen LogP contribution in [0.15, 0.2) is 33.8 Å². The van der Waals surface area contributed by atoms with E-state index >= 15 is 0 Å². The van der Waals surface area contributed by atoms with Crippen molar-refractivity contribution >= 4 is 11.7 Å². The van der Waals surface area contributed by atoms with Crippen LogP contribution in [0.25, 0.3) is 0 Å². The van der Waals surface area contributed by atoms with Gasteiger partial charge in [-0.3, -0.25) is 4.99 Å². The molecule has 0 saturated carbocycles. The summed E-state index contributed by atoms with van der Waals surface area (Å²) in [5, 5.41) is 0. The van der Waals surface area contributed by atoms with Crippen LogP contribution in [-0.2, 0) is 0 Å². The highest BCUT2D eigenvalue weighted by molar-refractivity contribution is 6.08. The van der Waals surface area contributed by atoms with Crippen molar-refractivity contribution in [3.8, 4) is 0 Å². The van der Waals surface area contributed by atoms with Gasteiger partial charge in [0.05, 0.1) is 6.04 Å². The van der Waals surface area contributed by atoms with Gasteiger partial charge in [0.15, 0.2) is 0 Å². The molecule has 74 valence electrons. The second-order valence-electron chi connectivity index (χ2n) is 3.77. The van der Waals surface area contributed by atoms with Crippen molar-refractivity contribution in [2.45, 2.75) is 19.4 Å². The predicted octanol–water partition coefficient (Wildman–Crippen LogP) is 1.63. The Hall–Kier alpha value is -1.38. The highest BCUT2D eigenvalue weighted by Crippen LogP contribution is 2.21. The fourth-order valence-corrected chi connectivity index (χ4v) is 1.77. The summed E-state index contributed by atoms with van der Waals surface area (Å²) in [5.41, 5.74) is 1.24. The second kappa shape index (κ2) is 3.40. The van der Waals surface area contributed by atoms with Gasteiger partial charge in [0.2, 0.25) is 0 Å². The van der Waals surface area contributed by atoms with Crippen LogP contribution in [0.4, 0.5) is 0 Å². The van der Waals surface area contributed by atoms with Crippen LogP contribution in [-0.4, -0.2) is 36.7 Å². The quantitative estimate of drug-likeness (QED) is 0.532. The third-order valence-electron chi connectivity index (χ3n) is 2.39. The van der Waals surface area contributed by atoms with E-state index in [0.717, 1.165) is 18.1 Å². The Labute approximate surface area is 84.5 Å². The van der Waals surface area contributed by atoms with Gasteiger partial charge in [0.25, 0.3) is 0 Å². The third-order valence-corrected chi connectivity index (χ3v) is 2.39. The normalized spacial score (nSPS) is 24.8. The number of amidine groups is 2. The maximum atomic E-state index is 4.48. The van der Waals surface area contributed by atoms with Gasteiger partial charge >= 0.3 is 0 Å². The van der Waals surface area contributed by atoms with Gasteiger partial charge in [-0.05, 0) is 13.3 Å². The van der Waals surface area contributed by atoms with Gasteiger partial charge in [-0.25, -0.2) is 4.99 Å². The van der Waals surface area contributed by atoms with Crippen molar-refractivity contribution < 1.29 is 0 Å². The van der Waals surface area contributed by atoms with Crippen LogP contribution in [0.5, 0.6) is 0 Å². The van der Waals surface area contributed by atoms with Crippen molar-refractivity contribution in [3.05, 3.63) is 23.8 Å². The van der Waals surface area contributed by atoms with Gasteiger partial charge in [0.1, 0.15) is 11.7 Å². The number of allylic oxidation sites excluding steroid dienone is 2. The SMILES string of the molecule is CC1=NC2C=CCC=C2C(N(C)C)=N1. The van der Waals surface area contributed by atoms with Crippen molar-refractivity contribution in [3.63, 3.8) is 0 Å². The van der Waals surface area contributed by atoms with E-state index in [1.807, 2.05) is 21.0 Å². The number of hydrogen-bond acceptors (Lipinski definition) is 3. The van der Waals surface area contributed by atoms with Gasteiger partial charge in [0, 0.05) is 19.7 Å². The predicted molar refractivity (Wildman–Crippen MR) is 59.9 cm³/mol. The maximum Gasteiger partial charge on any atom is 0.135 e. The average Bonchev–Trinajstić information content (AvgIpc) is 2.16. The first-order chi connectivity index (χ1) is 6.68. The van der Waals surface area contributed by atoms with E-state index in [-0.39, 0.29) is 6.04 Å². The molecule has 3 heteroatoms. The molecule has 1 atom stereocenters. The Morgan fingerprint density at radius 2 is 2.21 bits per heavy atom. The number of rotatable bonds is 0. The molecule has 0 N–H and O–H groups in total. The largest absolute Gasteiger partial charge is 0.362 e. The van der Waals surface area contributed by atoms with E-state index < -0.39 is 0 Å². The van der Waals surface area contributed by atoms with Crippen molar-refractivity contribution in [2.24, 2.45) is 9.98 Å². The lowest BCUT2D eigenvalue weighted by atomic mass is 9.98. The summed E-state index contributed by atoms with van der Waals surface area (Å²) in [5.74, 6) is 1.91. The first-order valence-corrected chi connectivity index (χ1v) is 4.86. The Morgan fingerprint density at radius 3 is 2.93 bits per heavy atom. The Bertz CT molecular complexity index is 359. The molecule has 0 aromatic carbocycles. The van der Waals surface area contributed by atoms with Crippen molar-refractivity contribution in [1.82, 2.24) is 4.90 Å². The molecule has 0 aromatic rings. The molecule has 0 amide bonds. The first kappa shape index (κ1) is 9.19. The topological polar surface area (TPSA) is 28.0 Å². The van der Waals surface area contributed by atoms with Crippen LogP contribution in [0.1, 0.15) is 13.3 Å². The van der Waals surface area contributed by atoms with Crippen LogP contribution in [0, 0.1) is 0 Å². The summed E-state index contributed by atoms with van der Waals surface area (Å²) >= 11 is 0. The number of likely N-dealkylation sites (N-methyl/N-ethyl adjacent to an activating group) is 1. The molecular formula is C11H15N3. The Balaban J connectivity index is 2.40. The lowest BCUT2D eigenvalue weighted by Gasteiger charge is -2.26. The summed E-state index contributed by atoms with van der Waals surface area (Å²) in [6, 6.07) is 0.193. The number of fused-ring (bicyclic) bond motifs is 1. The monoisotopic (exact) mass is 189 g/mol. The molecule has 0 radical (unpaired) electrons. The minimum absolute atomic E-state index is 0.193. The maximum absolute atomic E-state index is 4.48. The molecule has 3 nitrogen and oxygen atoms in total. The molecule has 1 heterocycles. The Morgan fingerprint density at radius 1 is 1.43 bits per heavy atom. The molecule has 0 aromatic heterocycles. The smallest absolute Gasteiger partial charge is 0.135 e. The number of nitrogens with zero attached hydrogens (tertiary/aromatic N) is 3. The highest BCUT2D eigenvalue weighted by Gasteiger charge is 2.23. The molecule has 0 saturated heterocycles. The molecule has 1 unspecified atom stereocenters. The number of aliphatic imine (C=N–C) groups is 2. The average molecular weight is 189 g/mol. The van der Waals surface area contributed by atoms with Gasteiger partial charge < -0.3 is 4.90 Å². The fraction of sp³-hybridized carbons (Fsp3) is 0.455. The molecule has 2 aliphatic rings. The molecule has 0 spiro atoms. The number of hydrogen-bond donors (Lipinski definition) is 0. The van der Waals surface area contributed by atoms with Gasteiger partial charge in [-0.2, -0.15) is 0 Å². The summed E-state index contributed by atoms with van der Waals surface area (Å²) in [4.78, 5) is 11.0. The van der Waals surface area contributed by atoms with E-state index in [2.05, 4.69) is 33.1 Å². The Kier molecular flexibility index (Phi) is 2.23. The summed E-state index contributed by atoms with van der Waals surface area (Å²) < 4.78 is 0. The summed E-state index contributed by atoms with van der Waals surface area (Å²) in [7, 11) is 4.04. The van der Waals surface area contributed by atoms with Crippen LogP contribution in [0.2, 0.25) is 0 Å². The molecular weight excluding hydrogens is 174 g/mol. The van der Waals surface area contributed by atoms with Gasteiger partial charge in [-0.15, -0.1) is 0 Å². The minimum Gasteiger partial charge on any atom is -0.362 e. The molecule has 14 heavy (non-hydrogen) atoms. The first-order valence-electron chi connectivity index (χ1n) is 4.86. The van der Waals surface area contributed by atoms with E-state index in [9.17, 15) is 0 Å². The van der Waals surface area contributed by atoms with Crippen LogP contribution < -0.4 is 0 Å². The fourth-order valence-electron chi connectivity index (χ4n) is 1.77.